The van der Waals surface area contributed by atoms with E-state index < -0.39 is 17.7 Å². The van der Waals surface area contributed by atoms with Gasteiger partial charge >= 0.3 is 5.97 Å². The molecule has 2 heterocycles. The van der Waals surface area contributed by atoms with E-state index in [0.29, 0.717) is 38.8 Å². The van der Waals surface area contributed by atoms with Crippen LogP contribution >= 0.6 is 11.6 Å². The SMILES string of the molecule is COC(=O)c1c(C)[nH]c(-c2ccc(F)cc2OC)c1C1C(=O)Nc2c(Cl)cccc21. The first kappa shape index (κ1) is 20.0. The minimum atomic E-state index is -0.817. The zero-order chi connectivity index (χ0) is 21.6. The average Bonchev–Trinajstić information content (AvgIpc) is 3.24. The van der Waals surface area contributed by atoms with Crippen molar-refractivity contribution in [1.82, 2.24) is 4.98 Å². The van der Waals surface area contributed by atoms with E-state index in [1.54, 1.807) is 25.1 Å². The number of hydrogen-bond donors (Lipinski definition) is 2. The van der Waals surface area contributed by atoms with Crippen molar-refractivity contribution in [2.45, 2.75) is 12.8 Å². The van der Waals surface area contributed by atoms with Crippen LogP contribution in [0.1, 0.15) is 33.1 Å². The number of ether oxygens (including phenoxy) is 2. The normalized spacial score (nSPS) is 15.0. The molecular formula is C22H18ClFN2O4. The maximum absolute atomic E-state index is 13.8. The van der Waals surface area contributed by atoms with Gasteiger partial charge in [-0.3, -0.25) is 4.79 Å². The summed E-state index contributed by atoms with van der Waals surface area (Å²) < 4.78 is 24.1. The summed E-state index contributed by atoms with van der Waals surface area (Å²) >= 11 is 6.27. The highest BCUT2D eigenvalue weighted by Crippen LogP contribution is 2.47. The molecule has 1 unspecified atom stereocenters. The fourth-order valence-electron chi connectivity index (χ4n) is 3.92. The number of benzene rings is 2. The number of esters is 1. The quantitative estimate of drug-likeness (QED) is 0.592. The van der Waals surface area contributed by atoms with Crippen LogP contribution in [0.15, 0.2) is 36.4 Å². The number of para-hydroxylation sites is 1. The Balaban J connectivity index is 2.04. The zero-order valence-electron chi connectivity index (χ0n) is 16.4. The number of hydrogen-bond acceptors (Lipinski definition) is 4. The highest BCUT2D eigenvalue weighted by Gasteiger charge is 2.39. The Hall–Kier alpha value is -3.32. The van der Waals surface area contributed by atoms with Crippen LogP contribution in [-0.2, 0) is 9.53 Å². The lowest BCUT2D eigenvalue weighted by atomic mass is 9.87. The average molecular weight is 429 g/mol. The topological polar surface area (TPSA) is 80.4 Å². The predicted octanol–water partition coefficient (Wildman–Crippen LogP) is 4.66. The van der Waals surface area contributed by atoms with Crippen LogP contribution in [-0.4, -0.2) is 31.1 Å². The lowest BCUT2D eigenvalue weighted by molar-refractivity contribution is -0.116. The summed E-state index contributed by atoms with van der Waals surface area (Å²) in [6.45, 7) is 1.71. The summed E-state index contributed by atoms with van der Waals surface area (Å²) in [6, 6.07) is 9.26. The number of aromatic nitrogens is 1. The molecule has 1 atom stereocenters. The predicted molar refractivity (Wildman–Crippen MR) is 111 cm³/mol. The first-order valence-corrected chi connectivity index (χ1v) is 9.49. The van der Waals surface area contributed by atoms with Gasteiger partial charge in [-0.2, -0.15) is 0 Å². The largest absolute Gasteiger partial charge is 0.496 e. The van der Waals surface area contributed by atoms with E-state index in [-0.39, 0.29) is 17.2 Å². The number of halogens is 2. The third-order valence-corrected chi connectivity index (χ3v) is 5.52. The monoisotopic (exact) mass is 428 g/mol. The van der Waals surface area contributed by atoms with Gasteiger partial charge in [-0.1, -0.05) is 23.7 Å². The van der Waals surface area contributed by atoms with Crippen molar-refractivity contribution in [3.8, 4) is 17.0 Å². The second-order valence-electron chi connectivity index (χ2n) is 6.88. The van der Waals surface area contributed by atoms with Crippen molar-refractivity contribution in [1.29, 1.82) is 0 Å². The molecule has 2 N–H and O–H groups in total. The van der Waals surface area contributed by atoms with E-state index in [1.807, 2.05) is 0 Å². The lowest BCUT2D eigenvalue weighted by Gasteiger charge is -2.15. The van der Waals surface area contributed by atoms with E-state index in [0.717, 1.165) is 0 Å². The molecule has 0 aliphatic carbocycles. The number of nitrogens with one attached hydrogen (secondary N) is 2. The van der Waals surface area contributed by atoms with E-state index in [9.17, 15) is 14.0 Å². The molecule has 154 valence electrons. The Bertz CT molecular complexity index is 1190. The first-order valence-electron chi connectivity index (χ1n) is 9.11. The van der Waals surface area contributed by atoms with Crippen LogP contribution in [0.2, 0.25) is 5.02 Å². The van der Waals surface area contributed by atoms with Gasteiger partial charge in [0.15, 0.2) is 0 Å². The molecule has 2 aromatic carbocycles. The Kier molecular flexibility index (Phi) is 4.99. The van der Waals surface area contributed by atoms with E-state index in [2.05, 4.69) is 10.3 Å². The molecule has 1 aliphatic heterocycles. The second kappa shape index (κ2) is 7.50. The van der Waals surface area contributed by atoms with Crippen molar-refractivity contribution >= 4 is 29.2 Å². The Morgan fingerprint density at radius 2 is 1.97 bits per heavy atom. The van der Waals surface area contributed by atoms with Gasteiger partial charge in [0.2, 0.25) is 5.91 Å². The molecule has 0 radical (unpaired) electrons. The number of carbonyl (C=O) groups excluding carboxylic acids is 2. The molecule has 3 aromatic rings. The van der Waals surface area contributed by atoms with Gasteiger partial charge in [-0.15, -0.1) is 0 Å². The first-order chi connectivity index (χ1) is 14.4. The third kappa shape index (κ3) is 3.02. The molecule has 1 aliphatic rings. The molecular weight excluding hydrogens is 411 g/mol. The van der Waals surface area contributed by atoms with Crippen molar-refractivity contribution in [2.24, 2.45) is 0 Å². The molecule has 0 fully saturated rings. The van der Waals surface area contributed by atoms with Crippen molar-refractivity contribution < 1.29 is 23.5 Å². The molecule has 8 heteroatoms. The molecule has 0 saturated heterocycles. The van der Waals surface area contributed by atoms with Gasteiger partial charge in [0, 0.05) is 22.9 Å². The summed E-state index contributed by atoms with van der Waals surface area (Å²) in [5.41, 5.74) is 3.30. The molecule has 6 nitrogen and oxygen atoms in total. The van der Waals surface area contributed by atoms with E-state index >= 15 is 0 Å². The van der Waals surface area contributed by atoms with Gasteiger partial charge in [-0.25, -0.2) is 9.18 Å². The molecule has 0 bridgehead atoms. The number of rotatable bonds is 4. The maximum Gasteiger partial charge on any atom is 0.340 e. The molecule has 1 aromatic heterocycles. The van der Waals surface area contributed by atoms with Crippen LogP contribution < -0.4 is 10.1 Å². The van der Waals surface area contributed by atoms with Crippen molar-refractivity contribution in [3.05, 3.63) is 69.6 Å². The summed E-state index contributed by atoms with van der Waals surface area (Å²) in [5.74, 6) is -1.94. The van der Waals surface area contributed by atoms with Crippen LogP contribution in [0.25, 0.3) is 11.3 Å². The lowest BCUT2D eigenvalue weighted by Crippen LogP contribution is -2.17. The summed E-state index contributed by atoms with van der Waals surface area (Å²) in [7, 11) is 2.70. The van der Waals surface area contributed by atoms with Crippen LogP contribution in [0, 0.1) is 12.7 Å². The standard InChI is InChI=1S/C22H18ClFN2O4/c1-10-16(22(28)30-3)18(17-13-5-4-6-14(23)19(13)26-21(17)27)20(25-10)12-8-7-11(24)9-15(12)29-2/h4-9,17,25H,1-3H3,(H,26,27). The van der Waals surface area contributed by atoms with Crippen molar-refractivity contribution in [3.63, 3.8) is 0 Å². The maximum atomic E-state index is 13.8. The molecule has 4 rings (SSSR count). The van der Waals surface area contributed by atoms with Crippen molar-refractivity contribution in [2.75, 3.05) is 19.5 Å². The fraction of sp³-hybridized carbons (Fsp3) is 0.182. The molecule has 0 spiro atoms. The van der Waals surface area contributed by atoms with Gasteiger partial charge in [0.05, 0.1) is 42.1 Å². The number of aryl methyl sites for hydroxylation is 1. The van der Waals surface area contributed by atoms with Crippen LogP contribution in [0.3, 0.4) is 0 Å². The number of methoxy groups -OCH3 is 2. The van der Waals surface area contributed by atoms with Gasteiger partial charge in [-0.05, 0) is 30.7 Å². The number of H-pyrrole nitrogens is 1. The van der Waals surface area contributed by atoms with Crippen LogP contribution in [0.5, 0.6) is 5.75 Å². The molecule has 0 saturated carbocycles. The summed E-state index contributed by atoms with van der Waals surface area (Å²) in [4.78, 5) is 28.8. The highest BCUT2D eigenvalue weighted by molar-refractivity contribution is 6.34. The molecule has 30 heavy (non-hydrogen) atoms. The Labute approximate surface area is 177 Å². The third-order valence-electron chi connectivity index (χ3n) is 5.20. The number of aromatic amines is 1. The smallest absolute Gasteiger partial charge is 0.340 e. The minimum absolute atomic E-state index is 0.242. The number of fused-ring (bicyclic) bond motifs is 1. The van der Waals surface area contributed by atoms with Crippen LogP contribution in [0.4, 0.5) is 10.1 Å². The minimum Gasteiger partial charge on any atom is -0.496 e. The Morgan fingerprint density at radius 3 is 2.67 bits per heavy atom. The van der Waals surface area contributed by atoms with Gasteiger partial charge in [0.25, 0.3) is 0 Å². The Morgan fingerprint density at radius 1 is 1.20 bits per heavy atom. The van der Waals surface area contributed by atoms with Gasteiger partial charge in [0.1, 0.15) is 11.6 Å². The zero-order valence-corrected chi connectivity index (χ0v) is 17.2. The fourth-order valence-corrected chi connectivity index (χ4v) is 4.15. The number of anilines is 1. The number of carbonyl (C=O) groups is 2. The second-order valence-corrected chi connectivity index (χ2v) is 7.28. The summed E-state index contributed by atoms with van der Waals surface area (Å²) in [5, 5.41) is 3.20. The summed E-state index contributed by atoms with van der Waals surface area (Å²) in [6.07, 6.45) is 0. The number of amides is 1. The van der Waals surface area contributed by atoms with E-state index in [4.69, 9.17) is 21.1 Å². The molecule has 1 amide bonds. The van der Waals surface area contributed by atoms with Gasteiger partial charge < -0.3 is 19.8 Å². The van der Waals surface area contributed by atoms with E-state index in [1.165, 1.54) is 32.4 Å². The highest BCUT2D eigenvalue weighted by atomic mass is 35.5.